The zero-order valence-corrected chi connectivity index (χ0v) is 10.9. The SMILES string of the molecule is N#CCC[C@@H](C#N)Cn1cc([N+](=O)[O-])cc(C(N)=O)c1=O. The van der Waals surface area contributed by atoms with E-state index in [4.69, 9.17) is 16.3 Å². The molecule has 0 saturated heterocycles. The molecule has 2 N–H and O–H groups in total. The Balaban J connectivity index is 3.26. The number of amides is 1. The van der Waals surface area contributed by atoms with Gasteiger partial charge in [0, 0.05) is 19.0 Å². The number of nitriles is 2. The molecule has 0 saturated carbocycles. The first-order valence-corrected chi connectivity index (χ1v) is 5.86. The van der Waals surface area contributed by atoms with Crippen LogP contribution in [0.3, 0.4) is 0 Å². The molecular formula is C12H11N5O4. The van der Waals surface area contributed by atoms with Gasteiger partial charge in [-0.3, -0.25) is 19.7 Å². The smallest absolute Gasteiger partial charge is 0.286 e. The lowest BCUT2D eigenvalue weighted by atomic mass is 10.1. The number of carbonyl (C=O) groups is 1. The quantitative estimate of drug-likeness (QED) is 0.586. The minimum absolute atomic E-state index is 0.116. The summed E-state index contributed by atoms with van der Waals surface area (Å²) in [6, 6.07) is 4.59. The first-order chi connectivity index (χ1) is 9.90. The van der Waals surface area contributed by atoms with Crippen molar-refractivity contribution in [2.45, 2.75) is 19.4 Å². The van der Waals surface area contributed by atoms with E-state index in [0.29, 0.717) is 0 Å². The van der Waals surface area contributed by atoms with Crippen molar-refractivity contribution < 1.29 is 9.72 Å². The maximum absolute atomic E-state index is 12.0. The number of nitrogens with zero attached hydrogens (tertiary/aromatic N) is 4. The summed E-state index contributed by atoms with van der Waals surface area (Å²) in [4.78, 5) is 33.2. The van der Waals surface area contributed by atoms with Gasteiger partial charge in [-0.05, 0) is 6.42 Å². The van der Waals surface area contributed by atoms with E-state index >= 15 is 0 Å². The molecule has 0 radical (unpaired) electrons. The summed E-state index contributed by atoms with van der Waals surface area (Å²) in [5.41, 5.74) is 3.23. The van der Waals surface area contributed by atoms with E-state index in [0.717, 1.165) is 16.8 Å². The number of nitrogens with two attached hydrogens (primary N) is 1. The Morgan fingerprint density at radius 2 is 2.19 bits per heavy atom. The minimum Gasteiger partial charge on any atom is -0.365 e. The lowest BCUT2D eigenvalue weighted by molar-refractivity contribution is -0.385. The molecular weight excluding hydrogens is 278 g/mol. The molecule has 0 fully saturated rings. The van der Waals surface area contributed by atoms with E-state index in [-0.39, 0.29) is 19.4 Å². The van der Waals surface area contributed by atoms with E-state index in [1.54, 1.807) is 0 Å². The first kappa shape index (κ1) is 15.9. The summed E-state index contributed by atoms with van der Waals surface area (Å²) in [5.74, 6) is -1.76. The van der Waals surface area contributed by atoms with E-state index < -0.39 is 33.6 Å². The summed E-state index contributed by atoms with van der Waals surface area (Å²) in [6.07, 6.45) is 1.28. The fourth-order valence-corrected chi connectivity index (χ4v) is 1.70. The predicted octanol–water partition coefficient (Wildman–Crippen LogP) is 0.299. The minimum atomic E-state index is -1.08. The molecule has 9 heteroatoms. The molecule has 1 rings (SSSR count). The maximum Gasteiger partial charge on any atom is 0.286 e. The van der Waals surface area contributed by atoms with Gasteiger partial charge in [-0.2, -0.15) is 10.5 Å². The van der Waals surface area contributed by atoms with Crippen molar-refractivity contribution in [3.63, 3.8) is 0 Å². The summed E-state index contributed by atoms with van der Waals surface area (Å²) < 4.78 is 0.906. The van der Waals surface area contributed by atoms with Crippen molar-refractivity contribution in [1.82, 2.24) is 4.57 Å². The van der Waals surface area contributed by atoms with Crippen LogP contribution in [0.15, 0.2) is 17.1 Å². The number of aromatic nitrogens is 1. The highest BCUT2D eigenvalue weighted by molar-refractivity contribution is 5.92. The molecule has 0 spiro atoms. The molecule has 1 heterocycles. The van der Waals surface area contributed by atoms with Gasteiger partial charge in [-0.15, -0.1) is 0 Å². The summed E-state index contributed by atoms with van der Waals surface area (Å²) in [7, 11) is 0. The molecule has 0 aromatic carbocycles. The number of nitro groups is 1. The molecule has 0 aliphatic heterocycles. The third-order valence-corrected chi connectivity index (χ3v) is 2.75. The van der Waals surface area contributed by atoms with Crippen molar-refractivity contribution in [2.24, 2.45) is 11.7 Å². The van der Waals surface area contributed by atoms with Gasteiger partial charge >= 0.3 is 0 Å². The third-order valence-electron chi connectivity index (χ3n) is 2.75. The fourth-order valence-electron chi connectivity index (χ4n) is 1.70. The largest absolute Gasteiger partial charge is 0.365 e. The highest BCUT2D eigenvalue weighted by Gasteiger charge is 2.19. The van der Waals surface area contributed by atoms with Gasteiger partial charge in [0.25, 0.3) is 17.2 Å². The second kappa shape index (κ2) is 6.82. The van der Waals surface area contributed by atoms with Crippen molar-refractivity contribution >= 4 is 11.6 Å². The van der Waals surface area contributed by atoms with Crippen molar-refractivity contribution in [3.8, 4) is 12.1 Å². The number of rotatable bonds is 6. The molecule has 108 valence electrons. The van der Waals surface area contributed by atoms with Crippen molar-refractivity contribution in [3.05, 3.63) is 38.3 Å². The molecule has 1 atom stereocenters. The zero-order chi connectivity index (χ0) is 16.0. The summed E-state index contributed by atoms with van der Waals surface area (Å²) in [5, 5.41) is 28.2. The molecule has 0 unspecified atom stereocenters. The number of primary amides is 1. The Hall–Kier alpha value is -3.20. The van der Waals surface area contributed by atoms with E-state index in [1.165, 1.54) is 0 Å². The van der Waals surface area contributed by atoms with Gasteiger partial charge in [0.1, 0.15) is 5.56 Å². The van der Waals surface area contributed by atoms with Gasteiger partial charge in [0.2, 0.25) is 0 Å². The molecule has 1 amide bonds. The lowest BCUT2D eigenvalue weighted by Gasteiger charge is -2.10. The second-order valence-corrected chi connectivity index (χ2v) is 4.21. The molecule has 0 aliphatic rings. The van der Waals surface area contributed by atoms with Gasteiger partial charge < -0.3 is 10.3 Å². The zero-order valence-electron chi connectivity index (χ0n) is 10.9. The van der Waals surface area contributed by atoms with Crippen LogP contribution in [0.1, 0.15) is 23.2 Å². The highest BCUT2D eigenvalue weighted by atomic mass is 16.6. The maximum atomic E-state index is 12.0. The van der Waals surface area contributed by atoms with Crippen LogP contribution in [-0.4, -0.2) is 15.4 Å². The van der Waals surface area contributed by atoms with Crippen LogP contribution in [0.2, 0.25) is 0 Å². The van der Waals surface area contributed by atoms with Crippen LogP contribution >= 0.6 is 0 Å². The van der Waals surface area contributed by atoms with Crippen molar-refractivity contribution in [1.29, 1.82) is 10.5 Å². The Morgan fingerprint density at radius 1 is 1.52 bits per heavy atom. The van der Waals surface area contributed by atoms with Gasteiger partial charge in [0.15, 0.2) is 0 Å². The van der Waals surface area contributed by atoms with Crippen LogP contribution in [-0.2, 0) is 6.54 Å². The van der Waals surface area contributed by atoms with E-state index in [2.05, 4.69) is 0 Å². The van der Waals surface area contributed by atoms with Crippen LogP contribution < -0.4 is 11.3 Å². The fraction of sp³-hybridized carbons (Fsp3) is 0.333. The Labute approximate surface area is 119 Å². The topological polar surface area (TPSA) is 156 Å². The average Bonchev–Trinajstić information content (AvgIpc) is 2.44. The third kappa shape index (κ3) is 3.88. The van der Waals surface area contributed by atoms with Crippen LogP contribution in [0.4, 0.5) is 5.69 Å². The van der Waals surface area contributed by atoms with Gasteiger partial charge in [-0.1, -0.05) is 0 Å². The Morgan fingerprint density at radius 3 is 2.67 bits per heavy atom. The number of hydrogen-bond donors (Lipinski definition) is 1. The number of pyridine rings is 1. The number of carbonyl (C=O) groups excluding carboxylic acids is 1. The van der Waals surface area contributed by atoms with Crippen LogP contribution in [0, 0.1) is 38.7 Å². The monoisotopic (exact) mass is 289 g/mol. The van der Waals surface area contributed by atoms with E-state index in [1.807, 2.05) is 12.1 Å². The first-order valence-electron chi connectivity index (χ1n) is 5.86. The standard InChI is InChI=1S/C12H11N5O4/c13-3-1-2-8(5-14)6-16-7-9(17(20)21)4-10(11(15)18)12(16)19/h4,7-8H,1-2,6H2,(H2,15,18)/t8-/m0/s1. The molecule has 1 aromatic heterocycles. The van der Waals surface area contributed by atoms with E-state index in [9.17, 15) is 19.7 Å². The Kier molecular flexibility index (Phi) is 5.15. The summed E-state index contributed by atoms with van der Waals surface area (Å²) >= 11 is 0. The molecule has 0 aliphatic carbocycles. The summed E-state index contributed by atoms with van der Waals surface area (Å²) in [6.45, 7) is -0.154. The van der Waals surface area contributed by atoms with Crippen molar-refractivity contribution in [2.75, 3.05) is 0 Å². The van der Waals surface area contributed by atoms with Gasteiger partial charge in [0.05, 0.1) is 29.2 Å². The number of hydrogen-bond acceptors (Lipinski definition) is 6. The predicted molar refractivity (Wildman–Crippen MR) is 69.8 cm³/mol. The molecule has 9 nitrogen and oxygen atoms in total. The Bertz CT molecular complexity index is 710. The molecule has 1 aromatic rings. The molecule has 0 bridgehead atoms. The normalized spacial score (nSPS) is 11.1. The van der Waals surface area contributed by atoms with Crippen LogP contribution in [0.5, 0.6) is 0 Å². The molecule has 21 heavy (non-hydrogen) atoms. The highest BCUT2D eigenvalue weighted by Crippen LogP contribution is 2.13. The van der Waals surface area contributed by atoms with Crippen LogP contribution in [0.25, 0.3) is 0 Å². The van der Waals surface area contributed by atoms with Gasteiger partial charge in [-0.25, -0.2) is 0 Å². The average molecular weight is 289 g/mol. The second-order valence-electron chi connectivity index (χ2n) is 4.21. The lowest BCUT2D eigenvalue weighted by Crippen LogP contribution is -2.31.